The highest BCUT2D eigenvalue weighted by atomic mass is 32.1. The van der Waals surface area contributed by atoms with Gasteiger partial charge in [-0.05, 0) is 56.7 Å². The molecule has 0 aliphatic carbocycles. The summed E-state index contributed by atoms with van der Waals surface area (Å²) in [5.74, 6) is 1.74. The lowest BCUT2D eigenvalue weighted by Crippen LogP contribution is -2.19. The van der Waals surface area contributed by atoms with Gasteiger partial charge in [0.15, 0.2) is 10.6 Å². The molecule has 1 atom stereocenters. The molecule has 0 fully saturated rings. The molecule has 0 spiro atoms. The maximum atomic E-state index is 5.59. The van der Waals surface area contributed by atoms with Gasteiger partial charge in [-0.3, -0.25) is 0 Å². The summed E-state index contributed by atoms with van der Waals surface area (Å²) < 4.78 is 13.3. The van der Waals surface area contributed by atoms with Crippen molar-refractivity contribution in [1.29, 1.82) is 0 Å². The van der Waals surface area contributed by atoms with E-state index in [9.17, 15) is 0 Å². The minimum Gasteiger partial charge on any atom is -0.494 e. The highest BCUT2D eigenvalue weighted by Crippen LogP contribution is 2.25. The first-order valence-electron chi connectivity index (χ1n) is 8.24. The fourth-order valence-electron chi connectivity index (χ4n) is 2.51. The van der Waals surface area contributed by atoms with Crippen LogP contribution in [0.1, 0.15) is 33.2 Å². The number of nitrogens with zero attached hydrogens (tertiary/aromatic N) is 2. The van der Waals surface area contributed by atoms with Gasteiger partial charge in [0.05, 0.1) is 24.3 Å². The van der Waals surface area contributed by atoms with Gasteiger partial charge in [0, 0.05) is 11.4 Å². The third-order valence-electron chi connectivity index (χ3n) is 3.92. The van der Waals surface area contributed by atoms with E-state index >= 15 is 0 Å². The lowest BCUT2D eigenvalue weighted by molar-refractivity contribution is 0.340. The molecule has 3 rings (SSSR count). The number of ether oxygens (including phenoxy) is 1. The van der Waals surface area contributed by atoms with Crippen LogP contribution in [-0.2, 0) is 0 Å². The Labute approximate surface area is 146 Å². The van der Waals surface area contributed by atoms with Crippen molar-refractivity contribution in [2.75, 3.05) is 6.61 Å². The van der Waals surface area contributed by atoms with Crippen LogP contribution < -0.4 is 9.54 Å². The maximum absolute atomic E-state index is 5.59. The van der Waals surface area contributed by atoms with Crippen LogP contribution in [0.3, 0.4) is 0 Å². The van der Waals surface area contributed by atoms with Crippen molar-refractivity contribution in [3.05, 3.63) is 52.8 Å². The van der Waals surface area contributed by atoms with Gasteiger partial charge >= 0.3 is 0 Å². The zero-order chi connectivity index (χ0) is 16.9. The maximum Gasteiger partial charge on any atom is 0.190 e. The van der Waals surface area contributed by atoms with Crippen LogP contribution in [0.15, 0.2) is 57.5 Å². The fourth-order valence-corrected chi connectivity index (χ4v) is 3.51. The largest absolute Gasteiger partial charge is 0.494 e. The molecular formula is C19H22N2O2S. The zero-order valence-corrected chi connectivity index (χ0v) is 15.0. The average Bonchev–Trinajstić information content (AvgIpc) is 3.25. The first-order valence-corrected chi connectivity index (χ1v) is 9.12. The lowest BCUT2D eigenvalue weighted by atomic mass is 10.2. The second-order valence-electron chi connectivity index (χ2n) is 5.55. The minimum absolute atomic E-state index is 0.345. The third kappa shape index (κ3) is 3.46. The van der Waals surface area contributed by atoms with E-state index in [1.807, 2.05) is 43.3 Å². The predicted molar refractivity (Wildman–Crippen MR) is 97.8 cm³/mol. The van der Waals surface area contributed by atoms with Gasteiger partial charge < -0.3 is 13.7 Å². The standard InChI is InChI=1S/C19H22N2O2S/c1-4-14(3)21-17(18-7-6-12-23-18)13-24-19(21)20-15-8-10-16(11-9-15)22-5-2/h6-14H,4-5H2,1-3H3. The molecular weight excluding hydrogens is 320 g/mol. The molecule has 5 heteroatoms. The summed E-state index contributed by atoms with van der Waals surface area (Å²) in [5.41, 5.74) is 1.99. The summed E-state index contributed by atoms with van der Waals surface area (Å²) in [5, 5.41) is 2.11. The van der Waals surface area contributed by atoms with Crippen LogP contribution in [0.5, 0.6) is 5.75 Å². The average molecular weight is 342 g/mol. The van der Waals surface area contributed by atoms with E-state index in [2.05, 4.69) is 23.8 Å². The van der Waals surface area contributed by atoms with Gasteiger partial charge in [-0.15, -0.1) is 11.3 Å². The van der Waals surface area contributed by atoms with Crippen molar-refractivity contribution in [3.8, 4) is 17.2 Å². The van der Waals surface area contributed by atoms with Crippen LogP contribution >= 0.6 is 11.3 Å². The van der Waals surface area contributed by atoms with Crippen molar-refractivity contribution >= 4 is 17.0 Å². The number of thiazole rings is 1. The molecule has 126 valence electrons. The first kappa shape index (κ1) is 16.6. The Bertz CT molecular complexity index is 829. The fraction of sp³-hybridized carbons (Fsp3) is 0.316. The Morgan fingerprint density at radius 2 is 2.00 bits per heavy atom. The summed E-state index contributed by atoms with van der Waals surface area (Å²) in [6.07, 6.45) is 2.73. The SMILES string of the molecule is CCOc1ccc(N=c2scc(-c3ccco3)n2C(C)CC)cc1. The number of hydrogen-bond donors (Lipinski definition) is 0. The Balaban J connectivity index is 2.03. The first-order chi connectivity index (χ1) is 11.7. The molecule has 2 heterocycles. The molecule has 0 N–H and O–H groups in total. The van der Waals surface area contributed by atoms with E-state index in [1.165, 1.54) is 0 Å². The lowest BCUT2D eigenvalue weighted by Gasteiger charge is -2.14. The summed E-state index contributed by atoms with van der Waals surface area (Å²) in [6, 6.07) is 12.1. The molecule has 2 aromatic heterocycles. The van der Waals surface area contributed by atoms with Gasteiger partial charge in [0.25, 0.3) is 0 Å². The van der Waals surface area contributed by atoms with E-state index in [-0.39, 0.29) is 0 Å². The molecule has 0 aliphatic heterocycles. The van der Waals surface area contributed by atoms with Gasteiger partial charge in [-0.1, -0.05) is 6.92 Å². The molecule has 24 heavy (non-hydrogen) atoms. The molecule has 0 amide bonds. The number of rotatable bonds is 6. The number of aromatic nitrogens is 1. The van der Waals surface area contributed by atoms with Crippen LogP contribution in [0.25, 0.3) is 11.5 Å². The van der Waals surface area contributed by atoms with Crippen LogP contribution in [0.2, 0.25) is 0 Å². The highest BCUT2D eigenvalue weighted by Gasteiger charge is 2.14. The molecule has 0 bridgehead atoms. The van der Waals surface area contributed by atoms with Crippen molar-refractivity contribution < 1.29 is 9.15 Å². The summed E-state index contributed by atoms with van der Waals surface area (Å²) in [4.78, 5) is 5.80. The topological polar surface area (TPSA) is 39.7 Å². The molecule has 0 saturated carbocycles. The highest BCUT2D eigenvalue weighted by molar-refractivity contribution is 7.07. The van der Waals surface area contributed by atoms with Gasteiger partial charge in [0.2, 0.25) is 0 Å². The number of benzene rings is 1. The Morgan fingerprint density at radius 3 is 2.62 bits per heavy atom. The molecule has 0 saturated heterocycles. The molecule has 0 radical (unpaired) electrons. The summed E-state index contributed by atoms with van der Waals surface area (Å²) >= 11 is 1.63. The third-order valence-corrected chi connectivity index (χ3v) is 4.76. The number of furan rings is 1. The molecule has 0 aliphatic rings. The zero-order valence-electron chi connectivity index (χ0n) is 14.2. The normalized spacial score (nSPS) is 13.2. The van der Waals surface area contributed by atoms with Gasteiger partial charge in [-0.25, -0.2) is 4.99 Å². The molecule has 1 aromatic carbocycles. The quantitative estimate of drug-likeness (QED) is 0.601. The van der Waals surface area contributed by atoms with E-state index in [0.29, 0.717) is 12.6 Å². The van der Waals surface area contributed by atoms with Crippen LogP contribution in [0.4, 0.5) is 5.69 Å². The molecule has 3 aromatic rings. The second kappa shape index (κ2) is 7.53. The number of hydrogen-bond acceptors (Lipinski definition) is 4. The summed E-state index contributed by atoms with van der Waals surface area (Å²) in [6.45, 7) is 7.04. The van der Waals surface area contributed by atoms with Crippen molar-refractivity contribution in [1.82, 2.24) is 4.57 Å². The van der Waals surface area contributed by atoms with E-state index < -0.39 is 0 Å². The van der Waals surface area contributed by atoms with Crippen molar-refractivity contribution in [2.24, 2.45) is 4.99 Å². The minimum atomic E-state index is 0.345. The molecule has 1 unspecified atom stereocenters. The smallest absolute Gasteiger partial charge is 0.190 e. The Hall–Kier alpha value is -2.27. The van der Waals surface area contributed by atoms with E-state index in [4.69, 9.17) is 14.1 Å². The predicted octanol–water partition coefficient (Wildman–Crippen LogP) is 5.41. The van der Waals surface area contributed by atoms with E-state index in [0.717, 1.165) is 34.1 Å². The van der Waals surface area contributed by atoms with E-state index in [1.54, 1.807) is 17.6 Å². The van der Waals surface area contributed by atoms with Crippen LogP contribution in [-0.4, -0.2) is 11.2 Å². The molecule has 4 nitrogen and oxygen atoms in total. The Kier molecular flexibility index (Phi) is 5.20. The van der Waals surface area contributed by atoms with Gasteiger partial charge in [0.1, 0.15) is 5.75 Å². The van der Waals surface area contributed by atoms with Crippen LogP contribution in [0, 0.1) is 0 Å². The second-order valence-corrected chi connectivity index (χ2v) is 6.38. The van der Waals surface area contributed by atoms with Gasteiger partial charge in [-0.2, -0.15) is 0 Å². The van der Waals surface area contributed by atoms with Crippen molar-refractivity contribution in [3.63, 3.8) is 0 Å². The van der Waals surface area contributed by atoms with Crippen molar-refractivity contribution in [2.45, 2.75) is 33.2 Å². The monoisotopic (exact) mass is 342 g/mol. The summed E-state index contributed by atoms with van der Waals surface area (Å²) in [7, 11) is 0. The Morgan fingerprint density at radius 1 is 1.21 bits per heavy atom.